The van der Waals surface area contributed by atoms with Crippen LogP contribution < -0.4 is 15.4 Å². The van der Waals surface area contributed by atoms with Crippen molar-refractivity contribution in [3.8, 4) is 5.75 Å². The third-order valence-electron chi connectivity index (χ3n) is 3.98. The fraction of sp³-hybridized carbons (Fsp3) is 0.474. The van der Waals surface area contributed by atoms with Crippen LogP contribution >= 0.6 is 24.0 Å². The zero-order valence-electron chi connectivity index (χ0n) is 16.2. The van der Waals surface area contributed by atoms with Gasteiger partial charge < -0.3 is 19.9 Å². The van der Waals surface area contributed by atoms with E-state index in [0.717, 1.165) is 29.9 Å². The Labute approximate surface area is 177 Å². The van der Waals surface area contributed by atoms with Gasteiger partial charge in [-0.25, -0.2) is 4.39 Å². The molecule has 0 saturated heterocycles. The fourth-order valence-corrected chi connectivity index (χ4v) is 2.57. The van der Waals surface area contributed by atoms with Crippen LogP contribution in [-0.4, -0.2) is 30.8 Å². The summed E-state index contributed by atoms with van der Waals surface area (Å²) in [5.74, 6) is 1.41. The van der Waals surface area contributed by atoms with Crippen molar-refractivity contribution in [2.75, 3.05) is 13.6 Å². The highest BCUT2D eigenvalue weighted by Crippen LogP contribution is 2.17. The molecule has 0 fully saturated rings. The van der Waals surface area contributed by atoms with Crippen molar-refractivity contribution in [3.63, 3.8) is 0 Å². The van der Waals surface area contributed by atoms with E-state index in [0.29, 0.717) is 19.0 Å². The van der Waals surface area contributed by atoms with Crippen LogP contribution in [0.3, 0.4) is 0 Å². The van der Waals surface area contributed by atoms with Crippen molar-refractivity contribution in [2.24, 2.45) is 4.99 Å². The van der Waals surface area contributed by atoms with Crippen LogP contribution in [0.15, 0.2) is 33.8 Å². The van der Waals surface area contributed by atoms with E-state index >= 15 is 0 Å². The fourth-order valence-electron chi connectivity index (χ4n) is 2.57. The predicted molar refractivity (Wildman–Crippen MR) is 115 cm³/mol. The molecule has 1 atom stereocenters. The maximum atomic E-state index is 13.6. The summed E-state index contributed by atoms with van der Waals surface area (Å²) in [5.41, 5.74) is 2.04. The summed E-state index contributed by atoms with van der Waals surface area (Å²) >= 11 is 0. The third-order valence-corrected chi connectivity index (χ3v) is 3.98. The molecule has 27 heavy (non-hydrogen) atoms. The molecule has 0 amide bonds. The van der Waals surface area contributed by atoms with Gasteiger partial charge in [0.1, 0.15) is 11.9 Å². The molecule has 0 radical (unpaired) electrons. The lowest BCUT2D eigenvalue weighted by Gasteiger charge is -2.18. The van der Waals surface area contributed by atoms with E-state index in [9.17, 15) is 4.39 Å². The van der Waals surface area contributed by atoms with E-state index in [1.54, 1.807) is 25.2 Å². The predicted octanol–water partition coefficient (Wildman–Crippen LogP) is 3.69. The van der Waals surface area contributed by atoms with E-state index in [1.807, 2.05) is 13.8 Å². The van der Waals surface area contributed by atoms with E-state index in [4.69, 9.17) is 9.26 Å². The molecule has 0 aliphatic rings. The van der Waals surface area contributed by atoms with Gasteiger partial charge in [-0.05, 0) is 25.5 Å². The minimum Gasteiger partial charge on any atom is -0.486 e. The van der Waals surface area contributed by atoms with Crippen LogP contribution in [0.25, 0.3) is 0 Å². The number of hydrogen-bond donors (Lipinski definition) is 2. The summed E-state index contributed by atoms with van der Waals surface area (Å²) < 4.78 is 24.6. The van der Waals surface area contributed by atoms with Gasteiger partial charge in [0.2, 0.25) is 0 Å². The van der Waals surface area contributed by atoms with Gasteiger partial charge in [-0.2, -0.15) is 0 Å². The quantitative estimate of drug-likeness (QED) is 0.336. The number of ether oxygens (including phenoxy) is 1. The van der Waals surface area contributed by atoms with E-state index in [2.05, 4.69) is 27.7 Å². The first-order chi connectivity index (χ1) is 12.6. The van der Waals surface area contributed by atoms with Crippen molar-refractivity contribution < 1.29 is 13.7 Å². The van der Waals surface area contributed by atoms with Gasteiger partial charge in [-0.15, -0.1) is 24.0 Å². The lowest BCUT2D eigenvalue weighted by atomic mass is 10.1. The maximum Gasteiger partial charge on any atom is 0.191 e. The topological polar surface area (TPSA) is 71.7 Å². The van der Waals surface area contributed by atoms with Crippen LogP contribution in [-0.2, 0) is 19.4 Å². The van der Waals surface area contributed by atoms with Gasteiger partial charge in [0.15, 0.2) is 17.5 Å². The molecular formula is C19H28FIN4O2. The number of nitrogens with one attached hydrogen (secondary N) is 2. The SMILES string of the molecule is CCc1noc(CC)c1CNC(=NC)NCC(C)Oc1ccccc1F.I. The molecule has 1 unspecified atom stereocenters. The molecule has 8 heteroatoms. The molecule has 2 N–H and O–H groups in total. The zero-order chi connectivity index (χ0) is 18.9. The standard InChI is InChI=1S/C19H27FN4O2.HI/c1-5-16-14(17(6-2)26-24-16)12-23-19(21-4)22-11-13(3)25-18-10-8-7-9-15(18)20;/h7-10,13H,5-6,11-12H2,1-4H3,(H2,21,22,23);1H. The number of halogens is 2. The first kappa shape index (κ1) is 23.2. The van der Waals surface area contributed by atoms with Gasteiger partial charge >= 0.3 is 0 Å². The Hall–Kier alpha value is -1.84. The van der Waals surface area contributed by atoms with Crippen molar-refractivity contribution in [3.05, 3.63) is 47.1 Å². The summed E-state index contributed by atoms with van der Waals surface area (Å²) in [6.07, 6.45) is 1.39. The number of nitrogens with zero attached hydrogens (tertiary/aromatic N) is 2. The Balaban J connectivity index is 0.00000364. The van der Waals surface area contributed by atoms with Crippen LogP contribution in [0.5, 0.6) is 5.75 Å². The van der Waals surface area contributed by atoms with Crippen molar-refractivity contribution in [2.45, 2.75) is 46.3 Å². The summed E-state index contributed by atoms with van der Waals surface area (Å²) in [4.78, 5) is 4.21. The van der Waals surface area contributed by atoms with Crippen LogP contribution in [0, 0.1) is 5.82 Å². The smallest absolute Gasteiger partial charge is 0.191 e. The van der Waals surface area contributed by atoms with Crippen LogP contribution in [0.1, 0.15) is 37.8 Å². The molecule has 0 spiro atoms. The summed E-state index contributed by atoms with van der Waals surface area (Å²) in [6, 6.07) is 6.38. The molecule has 2 rings (SSSR count). The second-order valence-electron chi connectivity index (χ2n) is 5.90. The lowest BCUT2D eigenvalue weighted by Crippen LogP contribution is -2.41. The summed E-state index contributed by atoms with van der Waals surface area (Å²) in [7, 11) is 1.70. The second-order valence-corrected chi connectivity index (χ2v) is 5.90. The normalized spacial score (nSPS) is 12.3. The highest BCUT2D eigenvalue weighted by molar-refractivity contribution is 14.0. The monoisotopic (exact) mass is 490 g/mol. The Morgan fingerprint density at radius 3 is 2.63 bits per heavy atom. The van der Waals surface area contributed by atoms with Crippen LogP contribution in [0.2, 0.25) is 0 Å². The minimum absolute atomic E-state index is 0. The molecule has 2 aromatic rings. The summed E-state index contributed by atoms with van der Waals surface area (Å²) in [6.45, 7) is 7.03. The first-order valence-corrected chi connectivity index (χ1v) is 8.90. The van der Waals surface area contributed by atoms with Crippen molar-refractivity contribution in [1.82, 2.24) is 15.8 Å². The third kappa shape index (κ3) is 6.67. The lowest BCUT2D eigenvalue weighted by molar-refractivity contribution is 0.214. The minimum atomic E-state index is -0.367. The Kier molecular flexibility index (Phi) is 10.1. The van der Waals surface area contributed by atoms with Gasteiger partial charge in [0.25, 0.3) is 0 Å². The average Bonchev–Trinajstić information content (AvgIpc) is 3.05. The molecule has 6 nitrogen and oxygen atoms in total. The zero-order valence-corrected chi connectivity index (χ0v) is 18.5. The van der Waals surface area contributed by atoms with Gasteiger partial charge in [0, 0.05) is 25.6 Å². The molecule has 0 bridgehead atoms. The molecule has 1 aromatic carbocycles. The number of aromatic nitrogens is 1. The molecule has 1 aromatic heterocycles. The number of para-hydroxylation sites is 1. The molecule has 0 saturated carbocycles. The molecule has 0 aliphatic heterocycles. The molecule has 0 aliphatic carbocycles. The van der Waals surface area contributed by atoms with Gasteiger partial charge in [-0.1, -0.05) is 31.1 Å². The number of aliphatic imine (C=N–C) groups is 1. The average molecular weight is 490 g/mol. The number of aryl methyl sites for hydroxylation is 2. The van der Waals surface area contributed by atoms with Crippen molar-refractivity contribution >= 4 is 29.9 Å². The number of benzene rings is 1. The number of guanidine groups is 1. The highest BCUT2D eigenvalue weighted by Gasteiger charge is 2.14. The highest BCUT2D eigenvalue weighted by atomic mass is 127. The van der Waals surface area contributed by atoms with Gasteiger partial charge in [0.05, 0.1) is 12.2 Å². The first-order valence-electron chi connectivity index (χ1n) is 8.90. The van der Waals surface area contributed by atoms with E-state index in [-0.39, 0.29) is 41.6 Å². The van der Waals surface area contributed by atoms with E-state index < -0.39 is 0 Å². The Morgan fingerprint density at radius 1 is 1.26 bits per heavy atom. The number of hydrogen-bond acceptors (Lipinski definition) is 4. The van der Waals surface area contributed by atoms with Gasteiger partial charge in [-0.3, -0.25) is 4.99 Å². The Bertz CT molecular complexity index is 715. The molecule has 150 valence electrons. The largest absolute Gasteiger partial charge is 0.486 e. The Morgan fingerprint density at radius 2 is 2.00 bits per heavy atom. The maximum absolute atomic E-state index is 13.6. The summed E-state index contributed by atoms with van der Waals surface area (Å²) in [5, 5.41) is 10.6. The molecular weight excluding hydrogens is 462 g/mol. The van der Waals surface area contributed by atoms with E-state index in [1.165, 1.54) is 6.07 Å². The second kappa shape index (κ2) is 11.8. The van der Waals surface area contributed by atoms with Crippen LogP contribution in [0.4, 0.5) is 4.39 Å². The van der Waals surface area contributed by atoms with Crippen molar-refractivity contribution in [1.29, 1.82) is 0 Å². The molecule has 1 heterocycles. The number of rotatable bonds is 8.